The zero-order chi connectivity index (χ0) is 7.84. The molecule has 0 saturated heterocycles. The molecule has 4 heteroatoms. The molecule has 0 aromatic carbocycles. The predicted octanol–water partition coefficient (Wildman–Crippen LogP) is 2.60. The highest BCUT2D eigenvalue weighted by atomic mass is 127. The van der Waals surface area contributed by atoms with Crippen molar-refractivity contribution in [3.63, 3.8) is 0 Å². The Balaban J connectivity index is 2.82. The molecule has 0 N–H and O–H groups in total. The summed E-state index contributed by atoms with van der Waals surface area (Å²) in [6, 6.07) is 2.06. The zero-order valence-corrected chi connectivity index (χ0v) is 8.81. The van der Waals surface area contributed by atoms with Gasteiger partial charge in [0.2, 0.25) is 0 Å². The summed E-state index contributed by atoms with van der Waals surface area (Å²) in [5, 5.41) is 0. The Labute approximate surface area is 81.8 Å². The van der Waals surface area contributed by atoms with Gasteiger partial charge in [-0.1, -0.05) is 0 Å². The van der Waals surface area contributed by atoms with Crippen LogP contribution >= 0.6 is 33.9 Å². The van der Waals surface area contributed by atoms with Gasteiger partial charge in [0.1, 0.15) is 10.3 Å². The summed E-state index contributed by atoms with van der Waals surface area (Å²) >= 11 is 3.96. The van der Waals surface area contributed by atoms with E-state index in [-0.39, 0.29) is 0 Å². The Kier molecular flexibility index (Phi) is 1.80. The van der Waals surface area contributed by atoms with E-state index >= 15 is 0 Å². The van der Waals surface area contributed by atoms with Crippen LogP contribution in [-0.4, -0.2) is 9.97 Å². The molecule has 0 atom stereocenters. The van der Waals surface area contributed by atoms with Gasteiger partial charge in [-0.2, -0.15) is 0 Å². The molecule has 2 nitrogen and oxygen atoms in total. The molecule has 2 heterocycles. The van der Waals surface area contributed by atoms with Gasteiger partial charge in [0.05, 0.1) is 8.58 Å². The van der Waals surface area contributed by atoms with Crippen LogP contribution in [0.1, 0.15) is 5.69 Å². The summed E-state index contributed by atoms with van der Waals surface area (Å²) in [4.78, 5) is 9.62. The van der Waals surface area contributed by atoms with Crippen LogP contribution in [0, 0.1) is 9.81 Å². The third kappa shape index (κ3) is 1.37. The monoisotopic (exact) mass is 276 g/mol. The number of hydrogen-bond acceptors (Lipinski definition) is 3. The van der Waals surface area contributed by atoms with E-state index in [0.29, 0.717) is 0 Å². The Morgan fingerprint density at radius 1 is 1.55 bits per heavy atom. The summed E-state index contributed by atoms with van der Waals surface area (Å²) in [6.07, 6.45) is 1.80. The minimum Gasteiger partial charge on any atom is -0.249 e. The van der Waals surface area contributed by atoms with Crippen molar-refractivity contribution in [2.24, 2.45) is 0 Å². The van der Waals surface area contributed by atoms with Gasteiger partial charge in [-0.25, -0.2) is 9.97 Å². The topological polar surface area (TPSA) is 25.8 Å². The fourth-order valence-corrected chi connectivity index (χ4v) is 2.48. The molecule has 0 aliphatic heterocycles. The number of rotatable bonds is 0. The lowest BCUT2D eigenvalue weighted by Gasteiger charge is -1.88. The number of hydrogen-bond donors (Lipinski definition) is 0. The first-order valence-corrected chi connectivity index (χ1v) is 5.04. The largest absolute Gasteiger partial charge is 0.249 e. The molecule has 0 fully saturated rings. The summed E-state index contributed by atoms with van der Waals surface area (Å²) in [6.45, 7) is 1.96. The van der Waals surface area contributed by atoms with Crippen molar-refractivity contribution >= 4 is 44.3 Å². The second-order valence-electron chi connectivity index (χ2n) is 2.25. The summed E-state index contributed by atoms with van der Waals surface area (Å²) < 4.78 is 1.24. The van der Waals surface area contributed by atoms with Crippen LogP contribution in [0.3, 0.4) is 0 Å². The minimum absolute atomic E-state index is 0.978. The van der Waals surface area contributed by atoms with Crippen molar-refractivity contribution in [3.05, 3.63) is 20.8 Å². The Morgan fingerprint density at radius 2 is 2.36 bits per heavy atom. The van der Waals surface area contributed by atoms with Gasteiger partial charge in [-0.05, 0) is 35.6 Å². The van der Waals surface area contributed by atoms with Crippen molar-refractivity contribution in [1.29, 1.82) is 0 Å². The van der Waals surface area contributed by atoms with Gasteiger partial charge in [0.15, 0.2) is 0 Å². The van der Waals surface area contributed by atoms with Crippen LogP contribution < -0.4 is 0 Å². The second kappa shape index (κ2) is 2.67. The van der Waals surface area contributed by atoms with Crippen molar-refractivity contribution in [2.75, 3.05) is 0 Å². The van der Waals surface area contributed by atoms with Gasteiger partial charge >= 0.3 is 0 Å². The van der Waals surface area contributed by atoms with Crippen LogP contribution in [-0.2, 0) is 0 Å². The van der Waals surface area contributed by atoms with Crippen LogP contribution in [0.2, 0.25) is 0 Å². The molecule has 0 unspecified atom stereocenters. The summed E-state index contributed by atoms with van der Waals surface area (Å²) in [5.74, 6) is 0. The van der Waals surface area contributed by atoms with Crippen LogP contribution in [0.5, 0.6) is 0 Å². The molecule has 2 aromatic heterocycles. The standard InChI is InChI=1S/C7H5IN2S/c1-4-3-9-7-5(10-4)2-6(8)11-7/h2-3H,1H3. The van der Waals surface area contributed by atoms with Gasteiger partial charge in [-0.15, -0.1) is 11.3 Å². The van der Waals surface area contributed by atoms with E-state index in [9.17, 15) is 0 Å². The number of halogens is 1. The lowest BCUT2D eigenvalue weighted by Crippen LogP contribution is -1.81. The average molecular weight is 276 g/mol. The maximum absolute atomic E-state index is 4.34. The van der Waals surface area contributed by atoms with Crippen molar-refractivity contribution in [3.8, 4) is 0 Å². The van der Waals surface area contributed by atoms with Gasteiger partial charge < -0.3 is 0 Å². The molecule has 0 saturated carbocycles. The molecule has 11 heavy (non-hydrogen) atoms. The maximum Gasteiger partial charge on any atom is 0.142 e. The van der Waals surface area contributed by atoms with Crippen molar-refractivity contribution in [2.45, 2.75) is 6.92 Å². The molecule has 0 aliphatic carbocycles. The molecule has 0 bridgehead atoms. The number of fused-ring (bicyclic) bond motifs is 1. The summed E-state index contributed by atoms with van der Waals surface area (Å²) in [7, 11) is 0. The van der Waals surface area contributed by atoms with E-state index < -0.39 is 0 Å². The maximum atomic E-state index is 4.34. The SMILES string of the molecule is Cc1cnc2sc(I)cc2n1. The molecule has 2 rings (SSSR count). The van der Waals surface area contributed by atoms with E-state index in [1.54, 1.807) is 17.5 Å². The molecule has 0 aliphatic rings. The fourth-order valence-electron chi connectivity index (χ4n) is 0.887. The highest BCUT2D eigenvalue weighted by Gasteiger charge is 2.00. The predicted molar refractivity (Wildman–Crippen MR) is 54.9 cm³/mol. The Morgan fingerprint density at radius 3 is 3.18 bits per heavy atom. The molecule has 2 aromatic rings. The Hall–Kier alpha value is -0.230. The van der Waals surface area contributed by atoms with Gasteiger partial charge in [0.25, 0.3) is 0 Å². The molecule has 56 valence electrons. The highest BCUT2D eigenvalue weighted by molar-refractivity contribution is 14.1. The van der Waals surface area contributed by atoms with E-state index in [1.165, 1.54) is 2.88 Å². The number of thiophene rings is 1. The number of aryl methyl sites for hydroxylation is 1. The normalized spacial score (nSPS) is 10.7. The zero-order valence-electron chi connectivity index (χ0n) is 5.84. The van der Waals surface area contributed by atoms with Crippen LogP contribution in [0.4, 0.5) is 0 Å². The number of aromatic nitrogens is 2. The number of nitrogens with zero attached hydrogens (tertiary/aromatic N) is 2. The van der Waals surface area contributed by atoms with Crippen molar-refractivity contribution < 1.29 is 0 Å². The van der Waals surface area contributed by atoms with Crippen molar-refractivity contribution in [1.82, 2.24) is 9.97 Å². The molecular weight excluding hydrogens is 271 g/mol. The van der Waals surface area contributed by atoms with Crippen LogP contribution in [0.25, 0.3) is 10.3 Å². The molecule has 0 radical (unpaired) electrons. The van der Waals surface area contributed by atoms with Gasteiger partial charge in [-0.3, -0.25) is 0 Å². The lowest BCUT2D eigenvalue weighted by molar-refractivity contribution is 1.20. The average Bonchev–Trinajstić information content (AvgIpc) is 2.27. The van der Waals surface area contributed by atoms with Gasteiger partial charge in [0, 0.05) is 6.20 Å². The Bertz CT molecular complexity index is 396. The third-order valence-electron chi connectivity index (χ3n) is 1.33. The first kappa shape index (κ1) is 7.42. The molecular formula is C7H5IN2S. The first-order chi connectivity index (χ1) is 5.25. The first-order valence-electron chi connectivity index (χ1n) is 3.14. The smallest absolute Gasteiger partial charge is 0.142 e. The molecule has 0 spiro atoms. The molecule has 0 amide bonds. The van der Waals surface area contributed by atoms with E-state index in [0.717, 1.165) is 16.0 Å². The third-order valence-corrected chi connectivity index (χ3v) is 3.12. The summed E-state index contributed by atoms with van der Waals surface area (Å²) in [5.41, 5.74) is 1.99. The van der Waals surface area contributed by atoms with E-state index in [4.69, 9.17) is 0 Å². The second-order valence-corrected chi connectivity index (χ2v) is 5.18. The van der Waals surface area contributed by atoms with Crippen LogP contribution in [0.15, 0.2) is 12.3 Å². The fraction of sp³-hybridized carbons (Fsp3) is 0.143. The lowest BCUT2D eigenvalue weighted by atomic mass is 10.5. The van der Waals surface area contributed by atoms with E-state index in [2.05, 4.69) is 38.6 Å². The minimum atomic E-state index is 0.978. The quantitative estimate of drug-likeness (QED) is 0.691. The highest BCUT2D eigenvalue weighted by Crippen LogP contribution is 2.22. The van der Waals surface area contributed by atoms with E-state index in [1.807, 2.05) is 6.92 Å².